The van der Waals surface area contributed by atoms with Gasteiger partial charge in [0.1, 0.15) is 0 Å². The second-order valence-corrected chi connectivity index (χ2v) is 3.85. The van der Waals surface area contributed by atoms with E-state index in [0.29, 0.717) is 12.0 Å². The molecule has 2 N–H and O–H groups in total. The van der Waals surface area contributed by atoms with E-state index in [-0.39, 0.29) is 0 Å². The number of nitrogens with two attached hydrogens (primary N) is 1. The highest BCUT2D eigenvalue weighted by atomic mass is 14.5. The molecule has 0 spiro atoms. The molecule has 0 heterocycles. The molecule has 0 amide bonds. The van der Waals surface area contributed by atoms with Crippen LogP contribution >= 0.6 is 0 Å². The lowest BCUT2D eigenvalue weighted by molar-refractivity contribution is 0.285. The summed E-state index contributed by atoms with van der Waals surface area (Å²) in [6, 6.07) is 0. The molecule has 1 fully saturated rings. The lowest BCUT2D eigenvalue weighted by atomic mass is 9.75. The van der Waals surface area contributed by atoms with Crippen molar-refractivity contribution in [3.8, 4) is 0 Å². The molecule has 1 aliphatic carbocycles. The largest absolute Gasteiger partial charge is 0.327 e. The first kappa shape index (κ1) is 8.79. The van der Waals surface area contributed by atoms with E-state index in [9.17, 15) is 0 Å². The Morgan fingerprint density at radius 3 is 2.45 bits per heavy atom. The van der Waals surface area contributed by atoms with Crippen molar-refractivity contribution in [2.24, 2.45) is 11.1 Å². The van der Waals surface area contributed by atoms with E-state index in [2.05, 4.69) is 19.1 Å². The fourth-order valence-electron chi connectivity index (χ4n) is 1.88. The van der Waals surface area contributed by atoms with Crippen LogP contribution < -0.4 is 5.73 Å². The fraction of sp³-hybridized carbons (Fsp3) is 0.800. The monoisotopic (exact) mass is 153 g/mol. The lowest BCUT2D eigenvalue weighted by Crippen LogP contribution is -2.17. The van der Waals surface area contributed by atoms with Crippen LogP contribution in [0.15, 0.2) is 12.2 Å². The maximum absolute atomic E-state index is 5.42. The third kappa shape index (κ3) is 2.66. The standard InChI is InChI=1S/C10H19N/c1-10(8-5-9-11)6-3-2-4-7-10/h5,8H,2-4,6-7,9,11H2,1H3/b8-5+. The van der Waals surface area contributed by atoms with Crippen LogP contribution in [0.2, 0.25) is 0 Å². The van der Waals surface area contributed by atoms with Crippen molar-refractivity contribution in [3.05, 3.63) is 12.2 Å². The normalized spacial score (nSPS) is 24.2. The van der Waals surface area contributed by atoms with E-state index in [1.165, 1.54) is 32.1 Å². The van der Waals surface area contributed by atoms with Gasteiger partial charge in [-0.1, -0.05) is 38.3 Å². The average molecular weight is 153 g/mol. The van der Waals surface area contributed by atoms with Gasteiger partial charge in [-0.3, -0.25) is 0 Å². The number of rotatable bonds is 2. The van der Waals surface area contributed by atoms with Crippen LogP contribution in [0.3, 0.4) is 0 Å². The summed E-state index contributed by atoms with van der Waals surface area (Å²) < 4.78 is 0. The highest BCUT2D eigenvalue weighted by Crippen LogP contribution is 2.36. The number of allylic oxidation sites excluding steroid dienone is 1. The summed E-state index contributed by atoms with van der Waals surface area (Å²) in [5.74, 6) is 0. The molecular weight excluding hydrogens is 134 g/mol. The molecule has 0 bridgehead atoms. The number of hydrogen-bond donors (Lipinski definition) is 1. The molecule has 1 rings (SSSR count). The quantitative estimate of drug-likeness (QED) is 0.606. The van der Waals surface area contributed by atoms with Gasteiger partial charge in [0.05, 0.1) is 0 Å². The predicted octanol–water partition coefficient (Wildman–Crippen LogP) is 2.47. The Hall–Kier alpha value is -0.300. The van der Waals surface area contributed by atoms with E-state index in [4.69, 9.17) is 5.73 Å². The zero-order valence-corrected chi connectivity index (χ0v) is 7.47. The Balaban J connectivity index is 2.43. The van der Waals surface area contributed by atoms with Gasteiger partial charge in [0.15, 0.2) is 0 Å². The van der Waals surface area contributed by atoms with Gasteiger partial charge in [0.25, 0.3) is 0 Å². The Labute approximate surface area is 69.7 Å². The Morgan fingerprint density at radius 1 is 1.27 bits per heavy atom. The zero-order valence-electron chi connectivity index (χ0n) is 7.47. The molecule has 1 heteroatoms. The van der Waals surface area contributed by atoms with Crippen molar-refractivity contribution >= 4 is 0 Å². The van der Waals surface area contributed by atoms with Crippen molar-refractivity contribution < 1.29 is 0 Å². The van der Waals surface area contributed by atoms with E-state index in [0.717, 1.165) is 0 Å². The first-order valence-electron chi connectivity index (χ1n) is 4.65. The summed E-state index contributed by atoms with van der Waals surface area (Å²) in [5.41, 5.74) is 5.89. The third-order valence-electron chi connectivity index (χ3n) is 2.65. The van der Waals surface area contributed by atoms with Crippen molar-refractivity contribution in [2.45, 2.75) is 39.0 Å². The molecule has 0 aromatic carbocycles. The van der Waals surface area contributed by atoms with Crippen LogP contribution in [0.25, 0.3) is 0 Å². The van der Waals surface area contributed by atoms with Crippen LogP contribution in [-0.2, 0) is 0 Å². The molecule has 0 unspecified atom stereocenters. The SMILES string of the molecule is CC1(/C=C/CN)CCCCC1. The van der Waals surface area contributed by atoms with Crippen molar-refractivity contribution in [1.29, 1.82) is 0 Å². The van der Waals surface area contributed by atoms with E-state index in [1.807, 2.05) is 0 Å². The highest BCUT2D eigenvalue weighted by Gasteiger charge is 2.22. The molecule has 1 saturated carbocycles. The minimum atomic E-state index is 0.470. The Kier molecular flexibility index (Phi) is 3.13. The molecular formula is C10H19N. The maximum atomic E-state index is 5.42. The van der Waals surface area contributed by atoms with Gasteiger partial charge < -0.3 is 5.73 Å². The zero-order chi connectivity index (χ0) is 8.16. The van der Waals surface area contributed by atoms with Crippen LogP contribution in [0.1, 0.15) is 39.0 Å². The Morgan fingerprint density at radius 2 is 1.91 bits per heavy atom. The molecule has 0 saturated heterocycles. The van der Waals surface area contributed by atoms with Crippen molar-refractivity contribution in [1.82, 2.24) is 0 Å². The molecule has 0 radical (unpaired) electrons. The first-order chi connectivity index (χ1) is 5.27. The summed E-state index contributed by atoms with van der Waals surface area (Å²) in [6.07, 6.45) is 11.3. The minimum absolute atomic E-state index is 0.470. The predicted molar refractivity (Wildman–Crippen MR) is 49.4 cm³/mol. The van der Waals surface area contributed by atoms with Crippen molar-refractivity contribution in [2.75, 3.05) is 6.54 Å². The molecule has 11 heavy (non-hydrogen) atoms. The van der Waals surface area contributed by atoms with Crippen LogP contribution in [0.5, 0.6) is 0 Å². The Bertz CT molecular complexity index is 132. The molecule has 0 atom stereocenters. The fourth-order valence-corrected chi connectivity index (χ4v) is 1.88. The average Bonchev–Trinajstić information content (AvgIpc) is 2.03. The summed E-state index contributed by atoms with van der Waals surface area (Å²) >= 11 is 0. The van der Waals surface area contributed by atoms with Gasteiger partial charge in [0.2, 0.25) is 0 Å². The van der Waals surface area contributed by atoms with Crippen LogP contribution in [-0.4, -0.2) is 6.54 Å². The third-order valence-corrected chi connectivity index (χ3v) is 2.65. The van der Waals surface area contributed by atoms with E-state index < -0.39 is 0 Å². The molecule has 1 nitrogen and oxygen atoms in total. The minimum Gasteiger partial charge on any atom is -0.327 e. The summed E-state index contributed by atoms with van der Waals surface area (Å²) in [5, 5.41) is 0. The van der Waals surface area contributed by atoms with Gasteiger partial charge in [-0.2, -0.15) is 0 Å². The summed E-state index contributed by atoms with van der Waals surface area (Å²) in [7, 11) is 0. The molecule has 0 aliphatic heterocycles. The molecule has 1 aliphatic rings. The maximum Gasteiger partial charge on any atom is 0.0107 e. The lowest BCUT2D eigenvalue weighted by Gasteiger charge is -2.30. The van der Waals surface area contributed by atoms with Gasteiger partial charge in [-0.25, -0.2) is 0 Å². The smallest absolute Gasteiger partial charge is 0.0107 e. The first-order valence-corrected chi connectivity index (χ1v) is 4.65. The molecule has 0 aromatic rings. The van der Waals surface area contributed by atoms with E-state index >= 15 is 0 Å². The van der Waals surface area contributed by atoms with Gasteiger partial charge >= 0.3 is 0 Å². The number of hydrogen-bond acceptors (Lipinski definition) is 1. The second kappa shape index (κ2) is 3.91. The van der Waals surface area contributed by atoms with Gasteiger partial charge in [-0.15, -0.1) is 0 Å². The topological polar surface area (TPSA) is 26.0 Å². The molecule has 0 aromatic heterocycles. The summed E-state index contributed by atoms with van der Waals surface area (Å²) in [6.45, 7) is 3.04. The van der Waals surface area contributed by atoms with Gasteiger partial charge in [-0.05, 0) is 18.3 Å². The van der Waals surface area contributed by atoms with Crippen LogP contribution in [0.4, 0.5) is 0 Å². The summed E-state index contributed by atoms with van der Waals surface area (Å²) in [4.78, 5) is 0. The van der Waals surface area contributed by atoms with E-state index in [1.54, 1.807) is 0 Å². The second-order valence-electron chi connectivity index (χ2n) is 3.85. The molecule has 64 valence electrons. The van der Waals surface area contributed by atoms with Gasteiger partial charge in [0, 0.05) is 6.54 Å². The highest BCUT2D eigenvalue weighted by molar-refractivity contribution is 4.98. The van der Waals surface area contributed by atoms with Crippen molar-refractivity contribution in [3.63, 3.8) is 0 Å². The van der Waals surface area contributed by atoms with Crippen LogP contribution in [0, 0.1) is 5.41 Å².